The van der Waals surface area contributed by atoms with E-state index < -0.39 is 0 Å². The van der Waals surface area contributed by atoms with Gasteiger partial charge in [0.25, 0.3) is 0 Å². The Morgan fingerprint density at radius 3 is 2.81 bits per heavy atom. The molecule has 0 atom stereocenters. The second-order valence-corrected chi connectivity index (χ2v) is 7.18. The number of carbonyl (C=O) groups is 1. The van der Waals surface area contributed by atoms with Crippen LogP contribution in [0.3, 0.4) is 0 Å². The van der Waals surface area contributed by atoms with E-state index in [1.165, 1.54) is 11.3 Å². The number of hydrogen-bond donors (Lipinski definition) is 0. The maximum absolute atomic E-state index is 10.9. The maximum atomic E-state index is 10.9. The van der Waals surface area contributed by atoms with Gasteiger partial charge in [-0.2, -0.15) is 5.26 Å². The molecule has 0 radical (unpaired) electrons. The maximum Gasteiger partial charge on any atom is 0.149 e. The van der Waals surface area contributed by atoms with Crippen molar-refractivity contribution >= 4 is 23.7 Å². The van der Waals surface area contributed by atoms with Gasteiger partial charge < -0.3 is 9.47 Å². The molecular weight excluding hydrogens is 358 g/mol. The highest BCUT2D eigenvalue weighted by molar-refractivity contribution is 7.13. The predicted molar refractivity (Wildman–Crippen MR) is 105 cm³/mol. The van der Waals surface area contributed by atoms with Gasteiger partial charge in [0.05, 0.1) is 0 Å². The van der Waals surface area contributed by atoms with Crippen molar-refractivity contribution in [2.24, 2.45) is 0 Å². The normalized spacial score (nSPS) is 12.3. The zero-order valence-corrected chi connectivity index (χ0v) is 15.2. The van der Waals surface area contributed by atoms with Gasteiger partial charge >= 0.3 is 0 Å². The molecule has 0 amide bonds. The lowest BCUT2D eigenvalue weighted by Gasteiger charge is -2.16. The number of hydrogen-bond acceptors (Lipinski definition) is 5. The first-order chi connectivity index (χ1) is 13.3. The quantitative estimate of drug-likeness (QED) is 0.601. The van der Waals surface area contributed by atoms with Crippen molar-refractivity contribution in [2.75, 3.05) is 6.61 Å². The van der Waals surface area contributed by atoms with E-state index in [0.29, 0.717) is 28.6 Å². The number of ether oxygens (including phenoxy) is 2. The standard InChI is InChI=1S/C22H15NO3S/c23-11-22-20(16-4-2-1-3-5-16)10-19(27-22)14-25-18-7-6-17-8-15(12-24)13-26-21(17)9-18/h1-10,12H,13-14H2. The molecule has 1 aliphatic heterocycles. The van der Waals surface area contributed by atoms with Gasteiger partial charge in [-0.05, 0) is 29.8 Å². The average Bonchev–Trinajstić information content (AvgIpc) is 3.15. The highest BCUT2D eigenvalue weighted by atomic mass is 32.1. The summed E-state index contributed by atoms with van der Waals surface area (Å²) in [4.78, 5) is 12.5. The SMILES string of the molecule is N#Cc1sc(COc2ccc3c(c2)OCC(C=O)=C3)cc1-c1ccccc1. The Hall–Kier alpha value is -3.36. The van der Waals surface area contributed by atoms with Gasteiger partial charge in [0, 0.05) is 27.6 Å². The fourth-order valence-electron chi connectivity index (χ4n) is 2.90. The molecule has 2 aromatic carbocycles. The number of nitrogens with zero attached hydrogens (tertiary/aromatic N) is 1. The van der Waals surface area contributed by atoms with Crippen molar-refractivity contribution in [1.82, 2.24) is 0 Å². The molecule has 0 saturated carbocycles. The summed E-state index contributed by atoms with van der Waals surface area (Å²) in [6.07, 6.45) is 2.63. The lowest BCUT2D eigenvalue weighted by atomic mass is 10.1. The molecule has 3 aromatic rings. The first-order valence-electron chi connectivity index (χ1n) is 8.40. The summed E-state index contributed by atoms with van der Waals surface area (Å²) in [5.74, 6) is 1.39. The van der Waals surface area contributed by atoms with Gasteiger partial charge in [0.1, 0.15) is 41.9 Å². The molecule has 0 unspecified atom stereocenters. The average molecular weight is 373 g/mol. The fraction of sp³-hybridized carbons (Fsp3) is 0.0909. The van der Waals surface area contributed by atoms with E-state index in [0.717, 1.165) is 27.9 Å². The number of fused-ring (bicyclic) bond motifs is 1. The van der Waals surface area contributed by atoms with Crippen LogP contribution >= 0.6 is 11.3 Å². The Labute approximate surface area is 160 Å². The molecule has 5 heteroatoms. The van der Waals surface area contributed by atoms with Crippen molar-refractivity contribution in [3.63, 3.8) is 0 Å². The molecule has 1 aromatic heterocycles. The Morgan fingerprint density at radius 1 is 1.19 bits per heavy atom. The van der Waals surface area contributed by atoms with Gasteiger partial charge in [-0.25, -0.2) is 0 Å². The molecule has 4 nitrogen and oxygen atoms in total. The van der Waals surface area contributed by atoms with Crippen LogP contribution in [-0.4, -0.2) is 12.9 Å². The van der Waals surface area contributed by atoms with E-state index in [-0.39, 0.29) is 6.61 Å². The number of thiophene rings is 1. The van der Waals surface area contributed by atoms with Crippen molar-refractivity contribution in [3.05, 3.63) is 75.5 Å². The number of aldehydes is 1. The third-order valence-corrected chi connectivity index (χ3v) is 5.24. The van der Waals surface area contributed by atoms with Crippen molar-refractivity contribution in [1.29, 1.82) is 5.26 Å². The molecule has 2 heterocycles. The Morgan fingerprint density at radius 2 is 2.04 bits per heavy atom. The van der Waals surface area contributed by atoms with Crippen LogP contribution in [0.4, 0.5) is 0 Å². The Kier molecular flexibility index (Phi) is 4.73. The van der Waals surface area contributed by atoms with E-state index in [1.807, 2.05) is 60.7 Å². The minimum absolute atomic E-state index is 0.275. The minimum Gasteiger partial charge on any atom is -0.488 e. The molecule has 0 bridgehead atoms. The monoisotopic (exact) mass is 373 g/mol. The molecule has 1 aliphatic rings. The predicted octanol–water partition coefficient (Wildman–Crippen LogP) is 4.84. The lowest BCUT2D eigenvalue weighted by Crippen LogP contribution is -2.08. The summed E-state index contributed by atoms with van der Waals surface area (Å²) in [5.41, 5.74) is 3.44. The Balaban J connectivity index is 1.52. The number of carbonyl (C=O) groups excluding carboxylic acids is 1. The molecule has 0 N–H and O–H groups in total. The van der Waals surface area contributed by atoms with Crippen LogP contribution in [0.25, 0.3) is 17.2 Å². The van der Waals surface area contributed by atoms with Crippen LogP contribution in [0.1, 0.15) is 15.3 Å². The van der Waals surface area contributed by atoms with E-state index in [1.54, 1.807) is 0 Å². The third-order valence-electron chi connectivity index (χ3n) is 4.22. The first kappa shape index (κ1) is 17.1. The smallest absolute Gasteiger partial charge is 0.149 e. The van der Waals surface area contributed by atoms with Gasteiger partial charge in [-0.1, -0.05) is 30.3 Å². The van der Waals surface area contributed by atoms with Crippen molar-refractivity contribution in [2.45, 2.75) is 6.61 Å². The number of nitriles is 1. The van der Waals surface area contributed by atoms with E-state index in [4.69, 9.17) is 9.47 Å². The van der Waals surface area contributed by atoms with Crippen LogP contribution < -0.4 is 9.47 Å². The summed E-state index contributed by atoms with van der Waals surface area (Å²) in [5, 5.41) is 9.43. The van der Waals surface area contributed by atoms with E-state index >= 15 is 0 Å². The molecule has 4 rings (SSSR count). The fourth-order valence-corrected chi connectivity index (χ4v) is 3.79. The second kappa shape index (κ2) is 7.48. The van der Waals surface area contributed by atoms with Crippen molar-refractivity contribution in [3.8, 4) is 28.7 Å². The molecule has 132 valence electrons. The summed E-state index contributed by atoms with van der Waals surface area (Å²) in [7, 11) is 0. The zero-order valence-electron chi connectivity index (χ0n) is 14.3. The third kappa shape index (κ3) is 3.62. The summed E-state index contributed by atoms with van der Waals surface area (Å²) in [6, 6.07) is 19.7. The summed E-state index contributed by atoms with van der Waals surface area (Å²) >= 11 is 1.44. The lowest BCUT2D eigenvalue weighted by molar-refractivity contribution is -0.105. The molecule has 0 fully saturated rings. The van der Waals surface area contributed by atoms with Crippen LogP contribution in [-0.2, 0) is 11.4 Å². The van der Waals surface area contributed by atoms with E-state index in [2.05, 4.69) is 6.07 Å². The van der Waals surface area contributed by atoms with Crippen LogP contribution in [0, 0.1) is 11.3 Å². The van der Waals surface area contributed by atoms with E-state index in [9.17, 15) is 10.1 Å². The van der Waals surface area contributed by atoms with Gasteiger partial charge in [-0.15, -0.1) is 11.3 Å². The first-order valence-corrected chi connectivity index (χ1v) is 9.22. The van der Waals surface area contributed by atoms with Gasteiger partial charge in [0.15, 0.2) is 0 Å². The number of rotatable bonds is 5. The molecule has 27 heavy (non-hydrogen) atoms. The zero-order chi connectivity index (χ0) is 18.6. The Bertz CT molecular complexity index is 1060. The van der Waals surface area contributed by atoms with Gasteiger partial charge in [-0.3, -0.25) is 4.79 Å². The largest absolute Gasteiger partial charge is 0.488 e. The van der Waals surface area contributed by atoms with Crippen LogP contribution in [0.15, 0.2) is 60.2 Å². The van der Waals surface area contributed by atoms with Crippen molar-refractivity contribution < 1.29 is 14.3 Å². The van der Waals surface area contributed by atoms with Gasteiger partial charge in [0.2, 0.25) is 0 Å². The number of benzene rings is 2. The summed E-state index contributed by atoms with van der Waals surface area (Å²) in [6.45, 7) is 0.650. The molecule has 0 saturated heterocycles. The molecular formula is C22H15NO3S. The minimum atomic E-state index is 0.275. The highest BCUT2D eigenvalue weighted by Crippen LogP contribution is 2.33. The molecule has 0 spiro atoms. The van der Waals surface area contributed by atoms with Crippen LogP contribution in [0.5, 0.6) is 11.5 Å². The molecule has 0 aliphatic carbocycles. The summed E-state index contributed by atoms with van der Waals surface area (Å²) < 4.78 is 11.5. The highest BCUT2D eigenvalue weighted by Gasteiger charge is 2.14. The topological polar surface area (TPSA) is 59.3 Å². The van der Waals surface area contributed by atoms with Crippen LogP contribution in [0.2, 0.25) is 0 Å². The second-order valence-electron chi connectivity index (χ2n) is 6.05.